The summed E-state index contributed by atoms with van der Waals surface area (Å²) < 4.78 is 51.3. The van der Waals surface area contributed by atoms with E-state index in [-0.39, 0.29) is 19.5 Å². The molecule has 29 heavy (non-hydrogen) atoms. The van der Waals surface area contributed by atoms with E-state index >= 15 is 0 Å². The number of benzene rings is 2. The Morgan fingerprint density at radius 1 is 0.724 bits per heavy atom. The topological polar surface area (TPSA) is 161 Å². The minimum Gasteiger partial charge on any atom is -0.477 e. The number of nitro groups is 2. The van der Waals surface area contributed by atoms with Gasteiger partial charge in [-0.25, -0.2) is 18.4 Å². The van der Waals surface area contributed by atoms with Crippen LogP contribution in [0.25, 0.3) is 0 Å². The Morgan fingerprint density at radius 3 is 1.21 bits per heavy atom. The third-order valence-corrected chi connectivity index (χ3v) is 2.96. The van der Waals surface area contributed by atoms with E-state index in [1.165, 1.54) is 0 Å². The van der Waals surface area contributed by atoms with Gasteiger partial charge in [-0.1, -0.05) is 0 Å². The van der Waals surface area contributed by atoms with Crippen molar-refractivity contribution in [3.8, 4) is 0 Å². The molecule has 2 aromatic carbocycles. The van der Waals surface area contributed by atoms with E-state index in [0.717, 1.165) is 0 Å². The van der Waals surface area contributed by atoms with Gasteiger partial charge in [0.1, 0.15) is 22.8 Å². The van der Waals surface area contributed by atoms with Gasteiger partial charge < -0.3 is 10.2 Å². The van der Waals surface area contributed by atoms with Crippen molar-refractivity contribution < 1.29 is 66.7 Å². The molecule has 0 fully saturated rings. The summed E-state index contributed by atoms with van der Waals surface area (Å²) in [5.41, 5.74) is -4.77. The van der Waals surface area contributed by atoms with E-state index in [0.29, 0.717) is 24.3 Å². The van der Waals surface area contributed by atoms with Crippen molar-refractivity contribution >= 4 is 23.3 Å². The molecule has 0 radical (unpaired) electrons. The van der Waals surface area contributed by atoms with Crippen molar-refractivity contribution in [2.75, 3.05) is 0 Å². The summed E-state index contributed by atoms with van der Waals surface area (Å²) in [5, 5.41) is 37.0. The van der Waals surface area contributed by atoms with Crippen molar-refractivity contribution in [1.29, 1.82) is 0 Å². The SMILES string of the molecule is O=C(O)c1c(F)ccc([N+](=O)[O-])c1F.O=C(O)c1c(F)ccc([N+](=O)[O-])c1F.[Zn]. The van der Waals surface area contributed by atoms with Crippen molar-refractivity contribution in [1.82, 2.24) is 0 Å². The summed E-state index contributed by atoms with van der Waals surface area (Å²) >= 11 is 0. The van der Waals surface area contributed by atoms with Crippen LogP contribution >= 0.6 is 0 Å². The number of carbonyl (C=O) groups is 2. The number of nitrogens with zero attached hydrogens (tertiary/aromatic N) is 2. The van der Waals surface area contributed by atoms with Gasteiger partial charge in [0.25, 0.3) is 0 Å². The fourth-order valence-corrected chi connectivity index (χ4v) is 1.76. The van der Waals surface area contributed by atoms with Crippen LogP contribution < -0.4 is 0 Å². The predicted molar refractivity (Wildman–Crippen MR) is 79.9 cm³/mol. The first-order valence-corrected chi connectivity index (χ1v) is 6.61. The molecule has 2 N–H and O–H groups in total. The zero-order valence-electron chi connectivity index (χ0n) is 13.8. The first-order chi connectivity index (χ1) is 12.9. The van der Waals surface area contributed by atoms with E-state index in [9.17, 15) is 47.4 Å². The van der Waals surface area contributed by atoms with Crippen molar-refractivity contribution in [2.24, 2.45) is 0 Å². The van der Waals surface area contributed by atoms with Crippen LogP contribution in [0.15, 0.2) is 24.3 Å². The number of aromatic carboxylic acids is 2. The van der Waals surface area contributed by atoms with E-state index in [4.69, 9.17) is 10.2 Å². The third kappa shape index (κ3) is 5.75. The van der Waals surface area contributed by atoms with E-state index in [2.05, 4.69) is 0 Å². The minimum atomic E-state index is -1.89. The zero-order chi connectivity index (χ0) is 21.8. The second-order valence-electron chi connectivity index (χ2n) is 4.64. The van der Waals surface area contributed by atoms with Gasteiger partial charge in [0, 0.05) is 31.6 Å². The maximum atomic E-state index is 13.0. The predicted octanol–water partition coefficient (Wildman–Crippen LogP) is 3.14. The molecule has 2 rings (SSSR count). The van der Waals surface area contributed by atoms with Crippen LogP contribution in [0.2, 0.25) is 0 Å². The third-order valence-electron chi connectivity index (χ3n) is 2.96. The number of nitro benzene ring substituents is 2. The molecule has 0 amide bonds. The van der Waals surface area contributed by atoms with Crippen LogP contribution in [-0.4, -0.2) is 32.0 Å². The Balaban J connectivity index is 0.000000523. The molecule has 15 heteroatoms. The van der Waals surface area contributed by atoms with Crippen molar-refractivity contribution in [2.45, 2.75) is 0 Å². The molecule has 0 atom stereocenters. The van der Waals surface area contributed by atoms with Gasteiger partial charge in [0.15, 0.2) is 0 Å². The second kappa shape index (κ2) is 10.2. The van der Waals surface area contributed by atoms with E-state index in [1.807, 2.05) is 0 Å². The van der Waals surface area contributed by atoms with Crippen molar-refractivity contribution in [3.63, 3.8) is 0 Å². The summed E-state index contributed by atoms with van der Waals surface area (Å²) in [6.45, 7) is 0. The average molecular weight is 472 g/mol. The zero-order valence-corrected chi connectivity index (χ0v) is 16.7. The molecule has 150 valence electrons. The molecule has 0 heterocycles. The standard InChI is InChI=1S/2C7H3F2NO4.Zn/c2*8-3-1-2-4(10(13)14)6(9)5(3)7(11)12;/h2*1-2H,(H,11,12);. The summed E-state index contributed by atoms with van der Waals surface area (Å²) in [4.78, 5) is 38.7. The monoisotopic (exact) mass is 470 g/mol. The summed E-state index contributed by atoms with van der Waals surface area (Å²) in [6.07, 6.45) is 0. The van der Waals surface area contributed by atoms with Crippen LogP contribution in [0, 0.1) is 43.5 Å². The molecule has 0 aromatic heterocycles. The molecule has 0 aliphatic rings. The van der Waals surface area contributed by atoms with Gasteiger partial charge in [-0.15, -0.1) is 0 Å². The van der Waals surface area contributed by atoms with Crippen LogP contribution in [0.3, 0.4) is 0 Å². The molecule has 2 aromatic rings. The maximum absolute atomic E-state index is 13.0. The molecule has 0 bridgehead atoms. The first-order valence-electron chi connectivity index (χ1n) is 6.61. The normalized spacial score (nSPS) is 9.52. The van der Waals surface area contributed by atoms with Crippen LogP contribution in [0.5, 0.6) is 0 Å². The smallest absolute Gasteiger partial charge is 0.341 e. The molecule has 0 saturated heterocycles. The molecule has 0 aliphatic heterocycles. The van der Waals surface area contributed by atoms with Gasteiger partial charge in [-0.05, 0) is 12.1 Å². The van der Waals surface area contributed by atoms with Gasteiger partial charge in [0.05, 0.1) is 9.85 Å². The molecule has 0 aliphatic carbocycles. The summed E-state index contributed by atoms with van der Waals surface area (Å²) in [6, 6.07) is 2.20. The fourth-order valence-electron chi connectivity index (χ4n) is 1.76. The summed E-state index contributed by atoms with van der Waals surface area (Å²) in [7, 11) is 0. The Hall–Kier alpha value is -3.48. The van der Waals surface area contributed by atoms with Gasteiger partial charge in [-0.3, -0.25) is 20.2 Å². The number of carboxylic acid groups (broad SMARTS) is 2. The van der Waals surface area contributed by atoms with Gasteiger partial charge >= 0.3 is 23.3 Å². The quantitative estimate of drug-likeness (QED) is 0.297. The van der Waals surface area contributed by atoms with E-state index in [1.54, 1.807) is 0 Å². The van der Waals surface area contributed by atoms with E-state index < -0.39 is 67.6 Å². The Morgan fingerprint density at radius 2 is 1.00 bits per heavy atom. The molecular formula is C14H6F4N2O8Zn. The number of hydrogen-bond donors (Lipinski definition) is 2. The van der Waals surface area contributed by atoms with Gasteiger partial charge in [0.2, 0.25) is 11.6 Å². The van der Waals surface area contributed by atoms with Crippen LogP contribution in [-0.2, 0) is 19.5 Å². The second-order valence-corrected chi connectivity index (χ2v) is 4.64. The molecule has 10 nitrogen and oxygen atoms in total. The molecule has 0 saturated carbocycles. The number of rotatable bonds is 4. The Labute approximate surface area is 169 Å². The molecule has 0 unspecified atom stereocenters. The van der Waals surface area contributed by atoms with Crippen LogP contribution in [0.4, 0.5) is 28.9 Å². The fraction of sp³-hybridized carbons (Fsp3) is 0. The maximum Gasteiger partial charge on any atom is 0.341 e. The molecular weight excluding hydrogens is 466 g/mol. The largest absolute Gasteiger partial charge is 0.477 e. The van der Waals surface area contributed by atoms with Crippen LogP contribution in [0.1, 0.15) is 20.7 Å². The Kier molecular flexibility index (Phi) is 8.95. The number of hydrogen-bond acceptors (Lipinski definition) is 6. The first kappa shape index (κ1) is 25.5. The van der Waals surface area contributed by atoms with Gasteiger partial charge in [-0.2, -0.15) is 8.78 Å². The number of halogens is 4. The number of carboxylic acids is 2. The van der Waals surface area contributed by atoms with Crippen molar-refractivity contribution in [3.05, 3.63) is 78.9 Å². The molecule has 0 spiro atoms. The minimum absolute atomic E-state index is 0. The Bertz CT molecular complexity index is 923. The summed E-state index contributed by atoms with van der Waals surface area (Å²) in [5.74, 6) is -9.82. The average Bonchev–Trinajstić information content (AvgIpc) is 2.54.